The minimum Gasteiger partial charge on any atom is -0.394 e. The normalized spacial score (nSPS) is 11.6. The lowest BCUT2D eigenvalue weighted by Crippen LogP contribution is -2.30. The molecule has 1 unspecified atom stereocenters. The van der Waals surface area contributed by atoms with Crippen molar-refractivity contribution in [1.29, 1.82) is 5.26 Å². The third-order valence-electron chi connectivity index (χ3n) is 3.27. The van der Waals surface area contributed by atoms with Crippen LogP contribution >= 0.6 is 27.5 Å². The number of carbonyl (C=O) groups is 1. The monoisotopic (exact) mass is 476 g/mol. The number of aliphatic hydroxyl groups excluding tert-OH is 2. The number of aromatic nitrogens is 1. The van der Waals surface area contributed by atoms with Crippen LogP contribution in [0.3, 0.4) is 0 Å². The summed E-state index contributed by atoms with van der Waals surface area (Å²) in [7, 11) is 0. The number of aliphatic hydroxyl groups is 2. The number of anilines is 2. The highest BCUT2D eigenvalue weighted by atomic mass is 79.9. The van der Waals surface area contributed by atoms with E-state index in [2.05, 4.69) is 26.2 Å². The van der Waals surface area contributed by atoms with Gasteiger partial charge in [0.05, 0.1) is 32.9 Å². The Morgan fingerprint density at radius 1 is 1.43 bits per heavy atom. The van der Waals surface area contributed by atoms with Gasteiger partial charge in [-0.1, -0.05) is 11.6 Å². The Balaban J connectivity index is 2.36. The minimum atomic E-state index is -1.44. The molecule has 1 aromatic heterocycles. The first kappa shape index (κ1) is 21.9. The Bertz CT molecular complexity index is 942. The molecule has 0 aliphatic heterocycles. The van der Waals surface area contributed by atoms with Crippen LogP contribution in [0, 0.1) is 23.0 Å². The van der Waals surface area contributed by atoms with Crippen molar-refractivity contribution in [2.75, 3.05) is 18.5 Å². The van der Waals surface area contributed by atoms with Crippen LogP contribution in [-0.4, -0.2) is 40.4 Å². The van der Waals surface area contributed by atoms with Crippen LogP contribution in [0.5, 0.6) is 0 Å². The quantitative estimate of drug-likeness (QED) is 0.356. The molecule has 1 heterocycles. The molecule has 0 radical (unpaired) electrons. The summed E-state index contributed by atoms with van der Waals surface area (Å²) in [6.45, 7) is -1.04. The van der Waals surface area contributed by atoms with Gasteiger partial charge in [-0.05, 0) is 28.1 Å². The Morgan fingerprint density at radius 2 is 2.14 bits per heavy atom. The fraction of sp³-hybridized carbons (Fsp3) is 0.188. The molecule has 8 nitrogen and oxygen atoms in total. The maximum atomic E-state index is 14.4. The predicted octanol–water partition coefficient (Wildman–Crippen LogP) is 2.41. The molecule has 0 bridgehead atoms. The highest BCUT2D eigenvalue weighted by molar-refractivity contribution is 9.10. The maximum Gasteiger partial charge on any atom is 0.277 e. The Labute approximate surface area is 170 Å². The van der Waals surface area contributed by atoms with Gasteiger partial charge in [0.25, 0.3) is 5.91 Å². The first-order valence-electron chi connectivity index (χ1n) is 7.49. The number of nitrogens with one attached hydrogen (secondary N) is 2. The fourth-order valence-corrected chi connectivity index (χ4v) is 2.56. The smallest absolute Gasteiger partial charge is 0.277 e. The van der Waals surface area contributed by atoms with Crippen LogP contribution in [0.1, 0.15) is 15.9 Å². The van der Waals surface area contributed by atoms with E-state index < -0.39 is 53.1 Å². The van der Waals surface area contributed by atoms with Gasteiger partial charge in [-0.15, -0.1) is 0 Å². The summed E-state index contributed by atoms with van der Waals surface area (Å²) < 4.78 is 28.6. The van der Waals surface area contributed by atoms with Gasteiger partial charge in [0.1, 0.15) is 24.6 Å². The molecule has 0 aliphatic rings. The van der Waals surface area contributed by atoms with E-state index in [1.54, 1.807) is 0 Å². The van der Waals surface area contributed by atoms with E-state index in [0.29, 0.717) is 0 Å². The number of nitriles is 1. The Kier molecular flexibility index (Phi) is 7.61. The van der Waals surface area contributed by atoms with Crippen molar-refractivity contribution in [3.63, 3.8) is 0 Å². The number of nitrogens with zero attached hydrogens (tertiary/aromatic N) is 2. The van der Waals surface area contributed by atoms with Crippen molar-refractivity contribution in [1.82, 2.24) is 10.5 Å². The average Bonchev–Trinajstić information content (AvgIpc) is 2.68. The third kappa shape index (κ3) is 5.12. The van der Waals surface area contributed by atoms with Crippen LogP contribution in [0.4, 0.5) is 20.3 Å². The van der Waals surface area contributed by atoms with E-state index in [1.807, 2.05) is 11.5 Å². The number of carbonyl (C=O) groups excluding carboxylic acids is 1. The van der Waals surface area contributed by atoms with E-state index in [1.165, 1.54) is 12.3 Å². The Morgan fingerprint density at radius 3 is 2.75 bits per heavy atom. The number of hydrogen-bond donors (Lipinski definition) is 4. The molecule has 28 heavy (non-hydrogen) atoms. The van der Waals surface area contributed by atoms with Gasteiger partial charge in [-0.3, -0.25) is 9.63 Å². The van der Waals surface area contributed by atoms with E-state index in [-0.39, 0.29) is 15.9 Å². The van der Waals surface area contributed by atoms with Crippen LogP contribution in [0.25, 0.3) is 0 Å². The van der Waals surface area contributed by atoms with Crippen LogP contribution in [-0.2, 0) is 4.84 Å². The number of amides is 1. The number of pyridine rings is 1. The number of hydroxylamine groups is 1. The molecule has 1 aromatic carbocycles. The predicted molar refractivity (Wildman–Crippen MR) is 97.8 cm³/mol. The highest BCUT2D eigenvalue weighted by Crippen LogP contribution is 2.32. The van der Waals surface area contributed by atoms with Crippen molar-refractivity contribution in [2.24, 2.45) is 0 Å². The van der Waals surface area contributed by atoms with Gasteiger partial charge >= 0.3 is 0 Å². The molecule has 4 N–H and O–H groups in total. The second kappa shape index (κ2) is 9.72. The molecule has 0 spiro atoms. The molecule has 0 aliphatic carbocycles. The van der Waals surface area contributed by atoms with Gasteiger partial charge < -0.3 is 15.5 Å². The third-order valence-corrected chi connectivity index (χ3v) is 4.15. The zero-order chi connectivity index (χ0) is 20.8. The first-order chi connectivity index (χ1) is 13.3. The van der Waals surface area contributed by atoms with Crippen LogP contribution < -0.4 is 10.8 Å². The molecule has 1 amide bonds. The van der Waals surface area contributed by atoms with Gasteiger partial charge in [-0.2, -0.15) is 5.26 Å². The summed E-state index contributed by atoms with van der Waals surface area (Å²) >= 11 is 8.75. The van der Waals surface area contributed by atoms with Crippen LogP contribution in [0.15, 0.2) is 22.8 Å². The number of benzene rings is 1. The lowest BCUT2D eigenvalue weighted by Gasteiger charge is -2.15. The average molecular weight is 478 g/mol. The first-order valence-corrected chi connectivity index (χ1v) is 8.66. The highest BCUT2D eigenvalue weighted by Gasteiger charge is 2.23. The summed E-state index contributed by atoms with van der Waals surface area (Å²) in [5.74, 6) is -3.82. The van der Waals surface area contributed by atoms with E-state index >= 15 is 0 Å². The number of rotatable bonds is 7. The molecule has 0 saturated carbocycles. The molecule has 12 heteroatoms. The lowest BCUT2D eigenvalue weighted by molar-refractivity contribution is -0.0295. The molecule has 1 atom stereocenters. The second-order valence-corrected chi connectivity index (χ2v) is 6.54. The largest absolute Gasteiger partial charge is 0.394 e. The van der Waals surface area contributed by atoms with E-state index in [0.717, 1.165) is 6.07 Å². The summed E-state index contributed by atoms with van der Waals surface area (Å²) in [6.07, 6.45) is -0.0543. The van der Waals surface area contributed by atoms with Gasteiger partial charge in [0.15, 0.2) is 11.6 Å². The number of halogens is 4. The van der Waals surface area contributed by atoms with Gasteiger partial charge in [0.2, 0.25) is 0 Å². The standard InChI is InChI=1S/C16H12BrClF2N4O4/c17-10-1-7(3-21)4-22-15(10)23-14-9(2-11(18)12(19)13(14)20)16(27)24-28-6-8(26)5-25/h1-2,4,8,25-26H,5-6H2,(H,22,23)(H,24,27). The number of hydrogen-bond acceptors (Lipinski definition) is 7. The molecule has 0 fully saturated rings. The lowest BCUT2D eigenvalue weighted by atomic mass is 10.1. The molecule has 2 aromatic rings. The minimum absolute atomic E-state index is 0.00490. The second-order valence-electron chi connectivity index (χ2n) is 5.28. The summed E-state index contributed by atoms with van der Waals surface area (Å²) in [6, 6.07) is 4.13. The van der Waals surface area contributed by atoms with E-state index in [4.69, 9.17) is 26.8 Å². The zero-order valence-electron chi connectivity index (χ0n) is 13.8. The Hall–Kier alpha value is -2.36. The van der Waals surface area contributed by atoms with Crippen molar-refractivity contribution >= 4 is 44.9 Å². The SMILES string of the molecule is N#Cc1cnc(Nc2c(C(=O)NOCC(O)CO)cc(Cl)c(F)c2F)c(Br)c1. The van der Waals surface area contributed by atoms with Crippen molar-refractivity contribution in [3.05, 3.63) is 50.6 Å². The molecule has 2 rings (SSSR count). The molecule has 0 saturated heterocycles. The topological polar surface area (TPSA) is 128 Å². The van der Waals surface area contributed by atoms with Gasteiger partial charge in [0, 0.05) is 6.20 Å². The molecule has 148 valence electrons. The summed E-state index contributed by atoms with van der Waals surface area (Å²) in [5, 5.41) is 28.6. The maximum absolute atomic E-state index is 14.4. The van der Waals surface area contributed by atoms with Crippen molar-refractivity contribution in [3.8, 4) is 6.07 Å². The molecular formula is C16H12BrClF2N4O4. The summed E-state index contributed by atoms with van der Waals surface area (Å²) in [5.41, 5.74) is 1.14. The van der Waals surface area contributed by atoms with Gasteiger partial charge in [-0.25, -0.2) is 19.2 Å². The van der Waals surface area contributed by atoms with E-state index in [9.17, 15) is 18.7 Å². The van der Waals surface area contributed by atoms with Crippen molar-refractivity contribution in [2.45, 2.75) is 6.10 Å². The molecular weight excluding hydrogens is 466 g/mol. The fourth-order valence-electron chi connectivity index (χ4n) is 1.92. The summed E-state index contributed by atoms with van der Waals surface area (Å²) in [4.78, 5) is 20.9. The van der Waals surface area contributed by atoms with Crippen molar-refractivity contribution < 1.29 is 28.6 Å². The zero-order valence-corrected chi connectivity index (χ0v) is 16.2. The van der Waals surface area contributed by atoms with Crippen LogP contribution in [0.2, 0.25) is 5.02 Å².